The first-order valence-corrected chi connectivity index (χ1v) is 6.94. The minimum absolute atomic E-state index is 0.00800. The molecule has 0 radical (unpaired) electrons. The zero-order valence-electron chi connectivity index (χ0n) is 10.3. The number of anilines is 1. The molecule has 0 saturated heterocycles. The van der Waals surface area contributed by atoms with Crippen LogP contribution >= 0.6 is 0 Å². The van der Waals surface area contributed by atoms with Gasteiger partial charge in [0.15, 0.2) is 0 Å². The molecular weight excluding hydrogens is 280 g/mol. The van der Waals surface area contributed by atoms with Gasteiger partial charge in [-0.25, -0.2) is 26.9 Å². The fourth-order valence-electron chi connectivity index (χ4n) is 1.29. The lowest BCUT2D eigenvalue weighted by molar-refractivity contribution is 0.0199. The monoisotopic (exact) mass is 295 g/mol. The molecule has 0 atom stereocenters. The average molecular weight is 295 g/mol. The Labute approximate surface area is 110 Å². The summed E-state index contributed by atoms with van der Waals surface area (Å²) in [5.41, 5.74) is 0. The maximum Gasteiger partial charge on any atom is 0.261 e. The number of sulfonamides is 1. The molecular formula is C10H15F2N3O3S. The van der Waals surface area contributed by atoms with Gasteiger partial charge in [-0.3, -0.25) is 0 Å². The summed E-state index contributed by atoms with van der Waals surface area (Å²) in [5, 5.41) is 2.66. The summed E-state index contributed by atoms with van der Waals surface area (Å²) >= 11 is 0. The van der Waals surface area contributed by atoms with Gasteiger partial charge in [0.2, 0.25) is 10.0 Å². The van der Waals surface area contributed by atoms with Gasteiger partial charge in [0, 0.05) is 19.8 Å². The quantitative estimate of drug-likeness (QED) is 0.690. The smallest absolute Gasteiger partial charge is 0.261 e. The molecule has 0 unspecified atom stereocenters. The van der Waals surface area contributed by atoms with E-state index in [2.05, 4.69) is 19.8 Å². The van der Waals surface area contributed by atoms with Crippen LogP contribution in [-0.4, -0.2) is 46.6 Å². The molecule has 0 spiro atoms. The molecule has 2 N–H and O–H groups in total. The lowest BCUT2D eigenvalue weighted by Crippen LogP contribution is -2.28. The van der Waals surface area contributed by atoms with Crippen LogP contribution in [0.1, 0.15) is 0 Å². The van der Waals surface area contributed by atoms with Crippen molar-refractivity contribution < 1.29 is 21.9 Å². The number of ether oxygens (including phenoxy) is 1. The van der Waals surface area contributed by atoms with Gasteiger partial charge in [0.05, 0.1) is 6.61 Å². The second kappa shape index (κ2) is 7.31. The molecule has 0 saturated carbocycles. The first-order valence-electron chi connectivity index (χ1n) is 5.45. The number of nitrogens with zero attached hydrogens (tertiary/aromatic N) is 1. The van der Waals surface area contributed by atoms with Gasteiger partial charge < -0.3 is 10.1 Å². The molecule has 19 heavy (non-hydrogen) atoms. The van der Waals surface area contributed by atoms with Crippen molar-refractivity contribution in [2.75, 3.05) is 32.1 Å². The molecule has 0 aromatic carbocycles. The van der Waals surface area contributed by atoms with Gasteiger partial charge in [0.1, 0.15) is 17.3 Å². The minimum Gasteiger partial charge on any atom is -0.374 e. The van der Waals surface area contributed by atoms with Gasteiger partial charge in [-0.2, -0.15) is 0 Å². The zero-order chi connectivity index (χ0) is 14.3. The van der Waals surface area contributed by atoms with Crippen molar-refractivity contribution in [2.24, 2.45) is 0 Å². The Kier molecular flexibility index (Phi) is 6.06. The molecule has 1 rings (SSSR count). The molecule has 0 aliphatic heterocycles. The van der Waals surface area contributed by atoms with Gasteiger partial charge >= 0.3 is 0 Å². The van der Waals surface area contributed by atoms with Crippen molar-refractivity contribution in [3.63, 3.8) is 0 Å². The predicted octanol–water partition coefficient (Wildman–Crippen LogP) is 0.683. The first-order chi connectivity index (χ1) is 8.97. The van der Waals surface area contributed by atoms with Crippen LogP contribution in [0, 0.1) is 0 Å². The van der Waals surface area contributed by atoms with E-state index in [9.17, 15) is 17.2 Å². The Morgan fingerprint density at radius 3 is 2.84 bits per heavy atom. The number of hydrogen-bond acceptors (Lipinski definition) is 5. The number of nitrogens with one attached hydrogen (secondary N) is 2. The molecule has 1 heterocycles. The Hall–Kier alpha value is -1.32. The highest BCUT2D eigenvalue weighted by molar-refractivity contribution is 7.89. The fraction of sp³-hybridized carbons (Fsp3) is 0.500. The lowest BCUT2D eigenvalue weighted by Gasteiger charge is -2.10. The standard InChI is InChI=1S/C10H15F2N3O3S/c1-13-10-8(3-2-4-14-10)19(16,17)15-5-6-18-7-9(11)12/h2-4,9,15H,5-7H2,1H3,(H,13,14). The second-order valence-corrected chi connectivity index (χ2v) is 5.20. The fourth-order valence-corrected chi connectivity index (χ4v) is 2.47. The van der Waals surface area contributed by atoms with E-state index >= 15 is 0 Å². The van der Waals surface area contributed by atoms with Crippen LogP contribution in [0.25, 0.3) is 0 Å². The van der Waals surface area contributed by atoms with Crippen LogP contribution in [-0.2, 0) is 14.8 Å². The van der Waals surface area contributed by atoms with Crippen molar-refractivity contribution in [3.8, 4) is 0 Å². The van der Waals surface area contributed by atoms with Gasteiger partial charge in [-0.15, -0.1) is 0 Å². The first kappa shape index (κ1) is 15.7. The maximum absolute atomic E-state index is 11.9. The second-order valence-electron chi connectivity index (χ2n) is 3.46. The van der Waals surface area contributed by atoms with E-state index in [-0.39, 0.29) is 23.9 Å². The van der Waals surface area contributed by atoms with Crippen LogP contribution in [0.15, 0.2) is 23.2 Å². The van der Waals surface area contributed by atoms with Gasteiger partial charge in [0.25, 0.3) is 6.43 Å². The topological polar surface area (TPSA) is 80.3 Å². The normalized spacial score (nSPS) is 11.8. The molecule has 0 bridgehead atoms. The third kappa shape index (κ3) is 5.05. The number of hydrogen-bond donors (Lipinski definition) is 2. The third-order valence-electron chi connectivity index (χ3n) is 2.08. The summed E-state index contributed by atoms with van der Waals surface area (Å²) in [6.45, 7) is -0.928. The Balaban J connectivity index is 2.56. The Morgan fingerprint density at radius 1 is 1.47 bits per heavy atom. The summed E-state index contributed by atoms with van der Waals surface area (Å²) in [4.78, 5) is 3.86. The van der Waals surface area contributed by atoms with Crippen molar-refractivity contribution in [2.45, 2.75) is 11.3 Å². The minimum atomic E-state index is -3.75. The van der Waals surface area contributed by atoms with Crippen LogP contribution in [0.3, 0.4) is 0 Å². The number of pyridine rings is 1. The molecule has 0 fully saturated rings. The molecule has 6 nitrogen and oxygen atoms in total. The van der Waals surface area contributed by atoms with Crippen molar-refractivity contribution in [1.29, 1.82) is 0 Å². The Bertz CT molecular complexity index is 497. The summed E-state index contributed by atoms with van der Waals surface area (Å²) in [6, 6.07) is 2.88. The summed E-state index contributed by atoms with van der Waals surface area (Å²) in [7, 11) is -2.20. The highest BCUT2D eigenvalue weighted by atomic mass is 32.2. The molecule has 0 amide bonds. The molecule has 1 aromatic rings. The van der Waals surface area contributed by atoms with Crippen molar-refractivity contribution in [1.82, 2.24) is 9.71 Å². The number of aromatic nitrogens is 1. The largest absolute Gasteiger partial charge is 0.374 e. The van der Waals surface area contributed by atoms with E-state index in [4.69, 9.17) is 0 Å². The zero-order valence-corrected chi connectivity index (χ0v) is 11.1. The van der Waals surface area contributed by atoms with Crippen LogP contribution in [0.5, 0.6) is 0 Å². The van der Waals surface area contributed by atoms with E-state index in [1.165, 1.54) is 18.3 Å². The predicted molar refractivity (Wildman–Crippen MR) is 65.8 cm³/mol. The molecule has 0 aliphatic carbocycles. The average Bonchev–Trinajstić information content (AvgIpc) is 2.37. The van der Waals surface area contributed by atoms with E-state index < -0.39 is 23.1 Å². The van der Waals surface area contributed by atoms with Crippen molar-refractivity contribution in [3.05, 3.63) is 18.3 Å². The molecule has 1 aromatic heterocycles. The third-order valence-corrected chi connectivity index (χ3v) is 3.57. The molecule has 9 heteroatoms. The van der Waals surface area contributed by atoms with Crippen molar-refractivity contribution >= 4 is 15.8 Å². The molecule has 108 valence electrons. The SMILES string of the molecule is CNc1ncccc1S(=O)(=O)NCCOCC(F)F. The van der Waals surface area contributed by atoms with Crippen LogP contribution in [0.2, 0.25) is 0 Å². The summed E-state index contributed by atoms with van der Waals surface area (Å²) in [6.07, 6.45) is -1.11. The van der Waals surface area contributed by atoms with E-state index in [0.717, 1.165) is 0 Å². The summed E-state index contributed by atoms with van der Waals surface area (Å²) < 4.78 is 54.2. The van der Waals surface area contributed by atoms with E-state index in [1.54, 1.807) is 7.05 Å². The number of rotatable bonds is 8. The number of halogens is 2. The molecule has 0 aliphatic rings. The van der Waals surface area contributed by atoms with Crippen LogP contribution in [0.4, 0.5) is 14.6 Å². The van der Waals surface area contributed by atoms with Gasteiger partial charge in [-0.1, -0.05) is 0 Å². The summed E-state index contributed by atoms with van der Waals surface area (Å²) in [5.74, 6) is 0.212. The highest BCUT2D eigenvalue weighted by Gasteiger charge is 2.18. The highest BCUT2D eigenvalue weighted by Crippen LogP contribution is 2.16. The van der Waals surface area contributed by atoms with Gasteiger partial charge in [-0.05, 0) is 12.1 Å². The Morgan fingerprint density at radius 2 is 2.21 bits per heavy atom. The lowest BCUT2D eigenvalue weighted by atomic mass is 10.5. The van der Waals surface area contributed by atoms with Crippen LogP contribution < -0.4 is 10.0 Å². The maximum atomic E-state index is 11.9. The van der Waals surface area contributed by atoms with E-state index in [1.807, 2.05) is 0 Å². The number of alkyl halides is 2. The van der Waals surface area contributed by atoms with E-state index in [0.29, 0.717) is 0 Å².